The zero-order valence-electron chi connectivity index (χ0n) is 18.5. The van der Waals surface area contributed by atoms with Gasteiger partial charge in [0.25, 0.3) is 0 Å². The van der Waals surface area contributed by atoms with Gasteiger partial charge in [-0.2, -0.15) is 0 Å². The van der Waals surface area contributed by atoms with Crippen molar-refractivity contribution in [2.24, 2.45) is 0 Å². The van der Waals surface area contributed by atoms with Gasteiger partial charge in [-0.3, -0.25) is 0 Å². The summed E-state index contributed by atoms with van der Waals surface area (Å²) in [6, 6.07) is 45.3. The number of hydrogen-bond acceptors (Lipinski definition) is 1. The summed E-state index contributed by atoms with van der Waals surface area (Å²) in [7, 11) is 1.84. The first-order valence-electron chi connectivity index (χ1n) is 11.3. The van der Waals surface area contributed by atoms with Gasteiger partial charge < -0.3 is 4.74 Å². The number of benzene rings is 6. The second kappa shape index (κ2) is 7.88. The Bertz CT molecular complexity index is 1400. The second-order valence-corrected chi connectivity index (χ2v) is 8.47. The molecule has 0 saturated carbocycles. The summed E-state index contributed by atoms with van der Waals surface area (Å²) < 4.78 is 6.72. The molecule has 0 unspecified atom stereocenters. The maximum atomic E-state index is 6.72. The number of hydrogen-bond donors (Lipinski definition) is 0. The van der Waals surface area contributed by atoms with E-state index >= 15 is 0 Å². The van der Waals surface area contributed by atoms with Crippen molar-refractivity contribution in [2.45, 2.75) is 5.60 Å². The molecule has 0 bridgehead atoms. The van der Waals surface area contributed by atoms with Gasteiger partial charge in [0.1, 0.15) is 5.60 Å². The van der Waals surface area contributed by atoms with Gasteiger partial charge in [0.05, 0.1) is 0 Å². The highest BCUT2D eigenvalue weighted by molar-refractivity contribution is 5.95. The van der Waals surface area contributed by atoms with Crippen molar-refractivity contribution >= 4 is 32.3 Å². The van der Waals surface area contributed by atoms with E-state index in [1.54, 1.807) is 0 Å². The van der Waals surface area contributed by atoms with E-state index in [4.69, 9.17) is 4.74 Å². The SMILES string of the molecule is COC(c1cccc2ccccc12)(c1cccc2ccccc12)c1cccc2ccccc12. The van der Waals surface area contributed by atoms with E-state index in [2.05, 4.69) is 127 Å². The van der Waals surface area contributed by atoms with Crippen LogP contribution in [0.1, 0.15) is 16.7 Å². The zero-order valence-corrected chi connectivity index (χ0v) is 18.5. The molecule has 0 atom stereocenters. The molecular weight excluding hydrogens is 400 g/mol. The first-order chi connectivity index (χ1) is 16.3. The second-order valence-electron chi connectivity index (χ2n) is 8.47. The molecule has 0 aliphatic heterocycles. The average molecular weight is 425 g/mol. The molecule has 0 saturated heterocycles. The molecular formula is C32H24O. The van der Waals surface area contributed by atoms with Gasteiger partial charge in [-0.25, -0.2) is 0 Å². The zero-order chi connectivity index (χ0) is 22.3. The van der Waals surface area contributed by atoms with Crippen molar-refractivity contribution in [2.75, 3.05) is 7.11 Å². The molecule has 0 aliphatic carbocycles. The molecule has 0 radical (unpaired) electrons. The normalized spacial score (nSPS) is 11.9. The molecule has 33 heavy (non-hydrogen) atoms. The smallest absolute Gasteiger partial charge is 0.145 e. The van der Waals surface area contributed by atoms with E-state index in [1.807, 2.05) is 7.11 Å². The lowest BCUT2D eigenvalue weighted by molar-refractivity contribution is 0.0623. The van der Waals surface area contributed by atoms with Crippen LogP contribution in [0, 0.1) is 0 Å². The van der Waals surface area contributed by atoms with Gasteiger partial charge in [0, 0.05) is 23.8 Å². The highest BCUT2D eigenvalue weighted by Crippen LogP contribution is 2.47. The number of fused-ring (bicyclic) bond motifs is 3. The highest BCUT2D eigenvalue weighted by atomic mass is 16.5. The first-order valence-corrected chi connectivity index (χ1v) is 11.3. The van der Waals surface area contributed by atoms with Gasteiger partial charge in [-0.15, -0.1) is 0 Å². The summed E-state index contributed by atoms with van der Waals surface area (Å²) in [6.45, 7) is 0. The van der Waals surface area contributed by atoms with Crippen LogP contribution >= 0.6 is 0 Å². The van der Waals surface area contributed by atoms with Gasteiger partial charge in [-0.05, 0) is 32.3 Å². The Morgan fingerprint density at radius 2 is 0.697 bits per heavy atom. The largest absolute Gasteiger partial charge is 0.364 e. The minimum absolute atomic E-state index is 0.789. The summed E-state index contributed by atoms with van der Waals surface area (Å²) in [4.78, 5) is 0. The minimum Gasteiger partial charge on any atom is -0.364 e. The van der Waals surface area contributed by atoms with Crippen LogP contribution in [-0.4, -0.2) is 7.11 Å². The highest BCUT2D eigenvalue weighted by Gasteiger charge is 2.40. The Kier molecular flexibility index (Phi) is 4.71. The number of ether oxygens (including phenoxy) is 1. The Balaban J connectivity index is 1.84. The summed E-state index contributed by atoms with van der Waals surface area (Å²) in [5, 5.41) is 7.21. The lowest BCUT2D eigenvalue weighted by atomic mass is 9.75. The van der Waals surface area contributed by atoms with Crippen molar-refractivity contribution in [1.29, 1.82) is 0 Å². The number of methoxy groups -OCH3 is 1. The van der Waals surface area contributed by atoms with Crippen LogP contribution in [0.3, 0.4) is 0 Å². The third kappa shape index (κ3) is 2.97. The number of rotatable bonds is 4. The van der Waals surface area contributed by atoms with E-state index in [1.165, 1.54) is 32.3 Å². The predicted molar refractivity (Wildman–Crippen MR) is 139 cm³/mol. The predicted octanol–water partition coefficient (Wildman–Crippen LogP) is 8.08. The molecule has 0 N–H and O–H groups in total. The van der Waals surface area contributed by atoms with Gasteiger partial charge in [0.15, 0.2) is 0 Å². The molecule has 1 heteroatoms. The van der Waals surface area contributed by atoms with Crippen LogP contribution < -0.4 is 0 Å². The van der Waals surface area contributed by atoms with Crippen LogP contribution in [0.2, 0.25) is 0 Å². The molecule has 6 aromatic carbocycles. The average Bonchev–Trinajstić information content (AvgIpc) is 2.90. The third-order valence-corrected chi connectivity index (χ3v) is 6.81. The van der Waals surface area contributed by atoms with Crippen molar-refractivity contribution in [1.82, 2.24) is 0 Å². The molecule has 1 nitrogen and oxygen atoms in total. The fourth-order valence-electron chi connectivity index (χ4n) is 5.36. The van der Waals surface area contributed by atoms with E-state index in [9.17, 15) is 0 Å². The molecule has 0 aliphatic rings. The first kappa shape index (κ1) is 19.7. The molecule has 0 fully saturated rings. The monoisotopic (exact) mass is 424 g/mol. The van der Waals surface area contributed by atoms with E-state index in [0.717, 1.165) is 16.7 Å². The maximum Gasteiger partial charge on any atom is 0.145 e. The summed E-state index contributed by atoms with van der Waals surface area (Å²) >= 11 is 0. The lowest BCUT2D eigenvalue weighted by Gasteiger charge is -2.37. The van der Waals surface area contributed by atoms with Crippen LogP contribution in [0.5, 0.6) is 0 Å². The Morgan fingerprint density at radius 1 is 0.394 bits per heavy atom. The fourth-order valence-corrected chi connectivity index (χ4v) is 5.36. The summed E-state index contributed by atoms with van der Waals surface area (Å²) in [6.07, 6.45) is 0. The van der Waals surface area contributed by atoms with Gasteiger partial charge >= 0.3 is 0 Å². The standard InChI is InChI=1S/C32H24O/c1-33-32(29-20-8-14-23-11-2-5-17-26(23)29,30-21-9-15-24-12-3-6-18-27(24)30)31-22-10-16-25-13-4-7-19-28(25)31/h2-22H,1H3. The molecule has 0 spiro atoms. The van der Waals surface area contributed by atoms with Gasteiger partial charge in [0.2, 0.25) is 0 Å². The van der Waals surface area contributed by atoms with Crippen molar-refractivity contribution in [3.05, 3.63) is 144 Å². The summed E-state index contributed by atoms with van der Waals surface area (Å²) in [5.74, 6) is 0. The molecule has 158 valence electrons. The third-order valence-electron chi connectivity index (χ3n) is 6.81. The molecule has 0 amide bonds. The Labute approximate surface area is 193 Å². The topological polar surface area (TPSA) is 9.23 Å². The van der Waals surface area contributed by atoms with E-state index < -0.39 is 5.60 Å². The van der Waals surface area contributed by atoms with E-state index in [-0.39, 0.29) is 0 Å². The van der Waals surface area contributed by atoms with Crippen LogP contribution in [-0.2, 0) is 10.3 Å². The maximum absolute atomic E-state index is 6.72. The molecule has 6 aromatic rings. The molecule has 6 rings (SSSR count). The van der Waals surface area contributed by atoms with E-state index in [0.29, 0.717) is 0 Å². The fraction of sp³-hybridized carbons (Fsp3) is 0.0625. The van der Waals surface area contributed by atoms with Crippen LogP contribution in [0.25, 0.3) is 32.3 Å². The summed E-state index contributed by atoms with van der Waals surface area (Å²) in [5.41, 5.74) is 2.66. The van der Waals surface area contributed by atoms with Crippen molar-refractivity contribution in [3.8, 4) is 0 Å². The minimum atomic E-state index is -0.789. The van der Waals surface area contributed by atoms with Gasteiger partial charge in [-0.1, -0.05) is 127 Å². The lowest BCUT2D eigenvalue weighted by Crippen LogP contribution is -2.32. The quantitative estimate of drug-likeness (QED) is 0.260. The van der Waals surface area contributed by atoms with Crippen LogP contribution in [0.4, 0.5) is 0 Å². The molecule has 0 aromatic heterocycles. The Hall–Kier alpha value is -3.94. The van der Waals surface area contributed by atoms with Crippen LogP contribution in [0.15, 0.2) is 127 Å². The Morgan fingerprint density at radius 3 is 1.03 bits per heavy atom. The molecule has 0 heterocycles. The van der Waals surface area contributed by atoms with Crippen molar-refractivity contribution in [3.63, 3.8) is 0 Å². The van der Waals surface area contributed by atoms with Crippen molar-refractivity contribution < 1.29 is 4.74 Å².